The van der Waals surface area contributed by atoms with Gasteiger partial charge in [0.05, 0.1) is 33.4 Å². The van der Waals surface area contributed by atoms with Crippen molar-refractivity contribution in [1.29, 1.82) is 0 Å². The molecule has 3 heterocycles. The van der Waals surface area contributed by atoms with Gasteiger partial charge in [-0.3, -0.25) is 0 Å². The fourth-order valence-corrected chi connectivity index (χ4v) is 5.28. The first kappa shape index (κ1) is 25.7. The molecule has 0 atom stereocenters. The lowest BCUT2D eigenvalue weighted by Crippen LogP contribution is -2.41. The Hall–Kier alpha value is -2.57. The molecule has 2 saturated heterocycles. The zero-order valence-electron chi connectivity index (χ0n) is 24.0. The van der Waals surface area contributed by atoms with E-state index in [1.54, 1.807) is 0 Å². The van der Waals surface area contributed by atoms with Crippen LogP contribution in [0.15, 0.2) is 60.7 Å². The molecule has 0 N–H and O–H groups in total. The first-order chi connectivity index (χ1) is 17.7. The van der Waals surface area contributed by atoms with Crippen molar-refractivity contribution < 1.29 is 18.6 Å². The van der Waals surface area contributed by atoms with Gasteiger partial charge < -0.3 is 23.2 Å². The Morgan fingerprint density at radius 3 is 1.26 bits per heavy atom. The standard InChI is InChI=1S/C31H37B2NO4/c1-20-10-14-23(15-11-20)34-26-16-12-21(32-35-28(2,3)29(4,5)36-32)18-24(26)25-19-22(13-17-27(25)34)33-37-30(6,7)31(8,9)38-33/h10-19H,1-9H3. The molecule has 4 aromatic rings. The van der Waals surface area contributed by atoms with Crippen molar-refractivity contribution in [3.8, 4) is 5.69 Å². The van der Waals surface area contributed by atoms with Gasteiger partial charge in [0.1, 0.15) is 0 Å². The lowest BCUT2D eigenvalue weighted by Gasteiger charge is -2.32. The molecule has 5 nitrogen and oxygen atoms in total. The lowest BCUT2D eigenvalue weighted by atomic mass is 9.77. The highest BCUT2D eigenvalue weighted by Crippen LogP contribution is 2.39. The molecule has 7 heteroatoms. The maximum Gasteiger partial charge on any atom is 0.494 e. The van der Waals surface area contributed by atoms with Gasteiger partial charge in [-0.05, 0) is 97.5 Å². The van der Waals surface area contributed by atoms with Crippen LogP contribution in [0.4, 0.5) is 0 Å². The third-order valence-electron chi connectivity index (χ3n) is 9.16. The Bertz CT molecular complexity index is 1430. The van der Waals surface area contributed by atoms with E-state index in [4.69, 9.17) is 18.6 Å². The Morgan fingerprint density at radius 2 is 0.895 bits per heavy atom. The van der Waals surface area contributed by atoms with E-state index < -0.39 is 36.6 Å². The van der Waals surface area contributed by atoms with Crippen LogP contribution in [-0.2, 0) is 18.6 Å². The molecule has 3 aromatic carbocycles. The summed E-state index contributed by atoms with van der Waals surface area (Å²) in [6.45, 7) is 18.8. The topological polar surface area (TPSA) is 41.9 Å². The molecule has 0 bridgehead atoms. The molecule has 1 aromatic heterocycles. The minimum absolute atomic E-state index is 0.396. The van der Waals surface area contributed by atoms with Crippen LogP contribution in [-0.4, -0.2) is 41.2 Å². The van der Waals surface area contributed by atoms with Crippen LogP contribution in [0, 0.1) is 6.92 Å². The molecule has 0 unspecified atom stereocenters. The van der Waals surface area contributed by atoms with Gasteiger partial charge in [-0.25, -0.2) is 0 Å². The number of aryl methyl sites for hydroxylation is 1. The van der Waals surface area contributed by atoms with Gasteiger partial charge in [-0.1, -0.05) is 42.0 Å². The van der Waals surface area contributed by atoms with E-state index in [1.165, 1.54) is 5.56 Å². The maximum absolute atomic E-state index is 6.40. The molecule has 6 rings (SSSR count). The molecule has 2 aliphatic rings. The van der Waals surface area contributed by atoms with Crippen molar-refractivity contribution in [3.63, 3.8) is 0 Å². The van der Waals surface area contributed by atoms with Crippen LogP contribution < -0.4 is 10.9 Å². The summed E-state index contributed by atoms with van der Waals surface area (Å²) in [5.41, 5.74) is 5.08. The van der Waals surface area contributed by atoms with Crippen LogP contribution in [0.3, 0.4) is 0 Å². The predicted octanol–water partition coefficient (Wildman–Crippen LogP) is 5.69. The summed E-state index contributed by atoms with van der Waals surface area (Å²) in [6.07, 6.45) is 0. The highest BCUT2D eigenvalue weighted by molar-refractivity contribution is 6.63. The number of rotatable bonds is 3. The van der Waals surface area contributed by atoms with Gasteiger partial charge in [0, 0.05) is 16.5 Å². The third-order valence-corrected chi connectivity index (χ3v) is 9.16. The molecular weight excluding hydrogens is 472 g/mol. The lowest BCUT2D eigenvalue weighted by molar-refractivity contribution is 0.00578. The minimum atomic E-state index is -0.423. The van der Waals surface area contributed by atoms with Crippen LogP contribution in [0.1, 0.15) is 61.0 Å². The van der Waals surface area contributed by atoms with Crippen molar-refractivity contribution in [2.45, 2.75) is 84.7 Å². The Balaban J connectivity index is 1.53. The van der Waals surface area contributed by atoms with E-state index >= 15 is 0 Å². The highest BCUT2D eigenvalue weighted by atomic mass is 16.7. The summed E-state index contributed by atoms with van der Waals surface area (Å²) >= 11 is 0. The van der Waals surface area contributed by atoms with Crippen molar-refractivity contribution in [2.75, 3.05) is 0 Å². The first-order valence-electron chi connectivity index (χ1n) is 13.6. The third kappa shape index (κ3) is 3.86. The molecule has 2 aliphatic heterocycles. The average Bonchev–Trinajstić information content (AvgIpc) is 3.36. The minimum Gasteiger partial charge on any atom is -0.399 e. The Labute approximate surface area is 226 Å². The smallest absolute Gasteiger partial charge is 0.399 e. The molecular formula is C31H37B2NO4. The molecule has 38 heavy (non-hydrogen) atoms. The van der Waals surface area contributed by atoms with Gasteiger partial charge in [0.25, 0.3) is 0 Å². The van der Waals surface area contributed by atoms with Gasteiger partial charge >= 0.3 is 14.2 Å². The average molecular weight is 509 g/mol. The quantitative estimate of drug-likeness (QED) is 0.333. The highest BCUT2D eigenvalue weighted by Gasteiger charge is 2.53. The fraction of sp³-hybridized carbons (Fsp3) is 0.419. The fourth-order valence-electron chi connectivity index (χ4n) is 5.28. The number of hydrogen-bond acceptors (Lipinski definition) is 4. The van der Waals surface area contributed by atoms with Crippen LogP contribution in [0.2, 0.25) is 0 Å². The van der Waals surface area contributed by atoms with Crippen molar-refractivity contribution >= 4 is 47.0 Å². The number of nitrogens with zero attached hydrogens (tertiary/aromatic N) is 1. The second-order valence-electron chi connectivity index (χ2n) is 12.9. The van der Waals surface area contributed by atoms with Crippen molar-refractivity contribution in [2.24, 2.45) is 0 Å². The van der Waals surface area contributed by atoms with Gasteiger partial charge in [0.2, 0.25) is 0 Å². The largest absolute Gasteiger partial charge is 0.494 e. The second-order valence-corrected chi connectivity index (χ2v) is 12.9. The zero-order chi connectivity index (χ0) is 27.3. The van der Waals surface area contributed by atoms with Crippen LogP contribution in [0.25, 0.3) is 27.5 Å². The first-order valence-corrected chi connectivity index (χ1v) is 13.6. The van der Waals surface area contributed by atoms with E-state index in [1.807, 2.05) is 0 Å². The second kappa shape index (κ2) is 8.22. The normalized spacial score (nSPS) is 21.6. The number of fused-ring (bicyclic) bond motifs is 3. The predicted molar refractivity (Wildman–Crippen MR) is 157 cm³/mol. The summed E-state index contributed by atoms with van der Waals surface area (Å²) in [5.74, 6) is 0. The van der Waals surface area contributed by atoms with Crippen molar-refractivity contribution in [3.05, 3.63) is 66.2 Å². The Morgan fingerprint density at radius 1 is 0.526 bits per heavy atom. The van der Waals surface area contributed by atoms with Crippen molar-refractivity contribution in [1.82, 2.24) is 4.57 Å². The molecule has 2 fully saturated rings. The number of aromatic nitrogens is 1. The van der Waals surface area contributed by atoms with E-state index in [0.717, 1.165) is 38.4 Å². The summed E-state index contributed by atoms with van der Waals surface area (Å²) in [6, 6.07) is 21.7. The van der Waals surface area contributed by atoms with Gasteiger partial charge in [0.15, 0.2) is 0 Å². The SMILES string of the molecule is Cc1ccc(-n2c3ccc(B4OC(C)(C)C(C)(C)O4)cc3c3cc(B4OC(C)(C)C(C)(C)O4)ccc32)cc1. The zero-order valence-corrected chi connectivity index (χ0v) is 24.0. The molecule has 0 radical (unpaired) electrons. The van der Waals surface area contributed by atoms with E-state index in [-0.39, 0.29) is 0 Å². The van der Waals surface area contributed by atoms with Crippen LogP contribution in [0.5, 0.6) is 0 Å². The monoisotopic (exact) mass is 509 g/mol. The van der Waals surface area contributed by atoms with E-state index in [0.29, 0.717) is 0 Å². The summed E-state index contributed by atoms with van der Waals surface area (Å²) in [5, 5.41) is 2.29. The molecule has 0 saturated carbocycles. The Kier molecular flexibility index (Phi) is 5.56. The molecule has 196 valence electrons. The summed E-state index contributed by atoms with van der Waals surface area (Å²) in [4.78, 5) is 0. The summed E-state index contributed by atoms with van der Waals surface area (Å²) < 4.78 is 27.9. The number of hydrogen-bond donors (Lipinski definition) is 0. The van der Waals surface area contributed by atoms with E-state index in [2.05, 4.69) is 128 Å². The van der Waals surface area contributed by atoms with Gasteiger partial charge in [-0.2, -0.15) is 0 Å². The van der Waals surface area contributed by atoms with Crippen LogP contribution >= 0.6 is 0 Å². The molecule has 0 amide bonds. The maximum atomic E-state index is 6.40. The van der Waals surface area contributed by atoms with E-state index in [9.17, 15) is 0 Å². The number of benzene rings is 3. The van der Waals surface area contributed by atoms with Gasteiger partial charge in [-0.15, -0.1) is 0 Å². The molecule has 0 aliphatic carbocycles. The summed E-state index contributed by atoms with van der Waals surface area (Å²) in [7, 11) is -0.845. The molecule has 0 spiro atoms.